The summed E-state index contributed by atoms with van der Waals surface area (Å²) in [6, 6.07) is 1.88. The van der Waals surface area contributed by atoms with Crippen LogP contribution in [0.2, 0.25) is 0 Å². The van der Waals surface area contributed by atoms with Gasteiger partial charge in [-0.2, -0.15) is 10.4 Å². The van der Waals surface area contributed by atoms with E-state index in [1.807, 2.05) is 6.07 Å². The molecule has 0 amide bonds. The van der Waals surface area contributed by atoms with Gasteiger partial charge < -0.3 is 5.11 Å². The topological polar surface area (TPSA) is 78.9 Å². The van der Waals surface area contributed by atoms with Crippen LogP contribution in [0.4, 0.5) is 0 Å². The number of rotatable bonds is 2. The summed E-state index contributed by atoms with van der Waals surface area (Å²) >= 11 is 0. The highest BCUT2D eigenvalue weighted by Crippen LogP contribution is 2.05. The number of nitriles is 1. The Morgan fingerprint density at radius 3 is 3.00 bits per heavy atom. The molecule has 0 saturated heterocycles. The third-order valence-corrected chi connectivity index (χ3v) is 1.55. The van der Waals surface area contributed by atoms with Crippen molar-refractivity contribution < 1.29 is 9.90 Å². The maximum absolute atomic E-state index is 10.5. The molecular formula is C7H7N3O2. The summed E-state index contributed by atoms with van der Waals surface area (Å²) in [5.41, 5.74) is 0.648. The van der Waals surface area contributed by atoms with E-state index >= 15 is 0 Å². The fourth-order valence-corrected chi connectivity index (χ4v) is 0.883. The van der Waals surface area contributed by atoms with E-state index in [0.717, 1.165) is 0 Å². The minimum absolute atomic E-state index is 0.0825. The van der Waals surface area contributed by atoms with Crippen molar-refractivity contribution in [2.75, 3.05) is 0 Å². The number of nitrogens with zero attached hydrogens (tertiary/aromatic N) is 3. The Balaban J connectivity index is 3.06. The Bertz CT molecular complexity index is 348. The van der Waals surface area contributed by atoms with Crippen molar-refractivity contribution in [1.82, 2.24) is 9.78 Å². The van der Waals surface area contributed by atoms with E-state index in [4.69, 9.17) is 10.4 Å². The highest BCUT2D eigenvalue weighted by Gasteiger charge is 2.11. The number of carbonyl (C=O) groups is 1. The molecule has 5 nitrogen and oxygen atoms in total. The van der Waals surface area contributed by atoms with E-state index in [9.17, 15) is 4.79 Å². The third kappa shape index (κ3) is 1.27. The van der Waals surface area contributed by atoms with Crippen LogP contribution >= 0.6 is 0 Å². The molecule has 1 aromatic rings. The number of hydrogen-bond acceptors (Lipinski definition) is 3. The van der Waals surface area contributed by atoms with Gasteiger partial charge in [0.05, 0.1) is 18.0 Å². The van der Waals surface area contributed by atoms with Crippen molar-refractivity contribution in [3.8, 4) is 6.07 Å². The molecular weight excluding hydrogens is 158 g/mol. The molecule has 1 rings (SSSR count). The molecule has 0 aliphatic carbocycles. The maximum Gasteiger partial charge on any atom is 0.339 e. The molecule has 0 bridgehead atoms. The van der Waals surface area contributed by atoms with Crippen molar-refractivity contribution >= 4 is 5.97 Å². The van der Waals surface area contributed by atoms with Gasteiger partial charge in [0, 0.05) is 0 Å². The summed E-state index contributed by atoms with van der Waals surface area (Å²) in [5, 5.41) is 20.7. The van der Waals surface area contributed by atoms with Crippen LogP contribution < -0.4 is 0 Å². The summed E-state index contributed by atoms with van der Waals surface area (Å²) in [4.78, 5) is 10.5. The lowest BCUT2D eigenvalue weighted by Gasteiger charge is -1.96. The number of carboxylic acids is 1. The number of carboxylic acid groups (broad SMARTS) is 1. The summed E-state index contributed by atoms with van der Waals surface area (Å²) in [7, 11) is 0. The molecule has 0 radical (unpaired) electrons. The fourth-order valence-electron chi connectivity index (χ4n) is 0.883. The minimum Gasteiger partial charge on any atom is -0.478 e. The van der Waals surface area contributed by atoms with Gasteiger partial charge in [-0.1, -0.05) is 0 Å². The molecule has 0 aromatic carbocycles. The molecule has 0 unspecified atom stereocenters. The van der Waals surface area contributed by atoms with Crippen LogP contribution in [0.15, 0.2) is 6.20 Å². The molecule has 1 heterocycles. The zero-order valence-corrected chi connectivity index (χ0v) is 6.48. The Morgan fingerprint density at radius 2 is 2.58 bits per heavy atom. The van der Waals surface area contributed by atoms with E-state index in [1.165, 1.54) is 10.9 Å². The highest BCUT2D eigenvalue weighted by atomic mass is 16.4. The quantitative estimate of drug-likeness (QED) is 0.688. The Labute approximate surface area is 68.8 Å². The van der Waals surface area contributed by atoms with Gasteiger partial charge in [-0.15, -0.1) is 0 Å². The monoisotopic (exact) mass is 165 g/mol. The average molecular weight is 165 g/mol. The highest BCUT2D eigenvalue weighted by molar-refractivity contribution is 5.88. The summed E-state index contributed by atoms with van der Waals surface area (Å²) < 4.78 is 1.35. The van der Waals surface area contributed by atoms with Crippen LogP contribution in [-0.4, -0.2) is 20.9 Å². The van der Waals surface area contributed by atoms with Crippen molar-refractivity contribution in [1.29, 1.82) is 5.26 Å². The molecule has 0 fully saturated rings. The lowest BCUT2D eigenvalue weighted by atomic mass is 10.3. The van der Waals surface area contributed by atoms with Crippen LogP contribution in [0.25, 0.3) is 0 Å². The maximum atomic E-state index is 10.5. The second kappa shape index (κ2) is 3.05. The lowest BCUT2D eigenvalue weighted by molar-refractivity contribution is 0.0696. The minimum atomic E-state index is -1.02. The van der Waals surface area contributed by atoms with Gasteiger partial charge >= 0.3 is 5.97 Å². The standard InChI is InChI=1S/C7H7N3O2/c1-5-6(7(11)12)4-9-10(5)3-2-8/h4H,3H2,1H3,(H,11,12). The Hall–Kier alpha value is -1.83. The number of aromatic nitrogens is 2. The zero-order valence-electron chi connectivity index (χ0n) is 6.48. The largest absolute Gasteiger partial charge is 0.478 e. The van der Waals surface area contributed by atoms with Crippen LogP contribution in [0, 0.1) is 18.3 Å². The van der Waals surface area contributed by atoms with Gasteiger partial charge in [-0.3, -0.25) is 4.68 Å². The summed E-state index contributed by atoms with van der Waals surface area (Å²) in [6.07, 6.45) is 1.25. The van der Waals surface area contributed by atoms with Crippen molar-refractivity contribution in [3.05, 3.63) is 17.5 Å². The normalized spacial score (nSPS) is 9.33. The molecule has 62 valence electrons. The van der Waals surface area contributed by atoms with Gasteiger partial charge in [0.15, 0.2) is 0 Å². The molecule has 0 atom stereocenters. The fraction of sp³-hybridized carbons (Fsp3) is 0.286. The SMILES string of the molecule is Cc1c(C(=O)O)cnn1CC#N. The van der Waals surface area contributed by atoms with Crippen LogP contribution in [0.1, 0.15) is 16.1 Å². The molecule has 1 N–H and O–H groups in total. The second-order valence-electron chi connectivity index (χ2n) is 2.26. The first kappa shape index (κ1) is 8.27. The van der Waals surface area contributed by atoms with Crippen molar-refractivity contribution in [2.24, 2.45) is 0 Å². The van der Waals surface area contributed by atoms with Gasteiger partial charge in [-0.25, -0.2) is 4.79 Å². The first-order chi connectivity index (χ1) is 5.66. The van der Waals surface area contributed by atoms with E-state index in [2.05, 4.69) is 5.10 Å². The third-order valence-electron chi connectivity index (χ3n) is 1.55. The van der Waals surface area contributed by atoms with E-state index in [0.29, 0.717) is 5.69 Å². The Kier molecular flexibility index (Phi) is 2.10. The second-order valence-corrected chi connectivity index (χ2v) is 2.26. The molecule has 5 heteroatoms. The summed E-state index contributed by atoms with van der Waals surface area (Å²) in [5.74, 6) is -1.02. The number of aromatic carboxylic acids is 1. The number of hydrogen-bond donors (Lipinski definition) is 1. The predicted molar refractivity (Wildman–Crippen MR) is 39.5 cm³/mol. The van der Waals surface area contributed by atoms with Crippen molar-refractivity contribution in [3.63, 3.8) is 0 Å². The predicted octanol–water partition coefficient (Wildman–Crippen LogP) is 0.413. The molecule has 0 aliphatic rings. The van der Waals surface area contributed by atoms with Gasteiger partial charge in [0.25, 0.3) is 0 Å². The summed E-state index contributed by atoms with van der Waals surface area (Å²) in [6.45, 7) is 1.70. The molecule has 0 spiro atoms. The average Bonchev–Trinajstić information content (AvgIpc) is 2.34. The Morgan fingerprint density at radius 1 is 1.92 bits per heavy atom. The zero-order chi connectivity index (χ0) is 9.14. The van der Waals surface area contributed by atoms with Gasteiger partial charge in [0.2, 0.25) is 0 Å². The van der Waals surface area contributed by atoms with Gasteiger partial charge in [-0.05, 0) is 6.92 Å². The molecule has 1 aromatic heterocycles. The van der Waals surface area contributed by atoms with E-state index < -0.39 is 5.97 Å². The van der Waals surface area contributed by atoms with Crippen molar-refractivity contribution in [2.45, 2.75) is 13.5 Å². The van der Waals surface area contributed by atoms with Gasteiger partial charge in [0.1, 0.15) is 12.1 Å². The first-order valence-electron chi connectivity index (χ1n) is 3.29. The van der Waals surface area contributed by atoms with Crippen LogP contribution in [0.3, 0.4) is 0 Å². The van der Waals surface area contributed by atoms with Crippen LogP contribution in [-0.2, 0) is 6.54 Å². The first-order valence-corrected chi connectivity index (χ1v) is 3.29. The van der Waals surface area contributed by atoms with E-state index in [1.54, 1.807) is 6.92 Å². The smallest absolute Gasteiger partial charge is 0.339 e. The van der Waals surface area contributed by atoms with E-state index in [-0.39, 0.29) is 12.1 Å². The lowest BCUT2D eigenvalue weighted by Crippen LogP contribution is -2.03. The molecule has 0 aliphatic heterocycles. The molecule has 0 saturated carbocycles. The molecule has 12 heavy (non-hydrogen) atoms. The van der Waals surface area contributed by atoms with Crippen LogP contribution in [0.5, 0.6) is 0 Å².